The summed E-state index contributed by atoms with van der Waals surface area (Å²) in [6.07, 6.45) is 3.44. The third-order valence-electron chi connectivity index (χ3n) is 3.24. The molecule has 2 rings (SSSR count). The van der Waals surface area contributed by atoms with Gasteiger partial charge < -0.3 is 14.8 Å². The lowest BCUT2D eigenvalue weighted by Crippen LogP contribution is -2.40. The van der Waals surface area contributed by atoms with Gasteiger partial charge in [0.15, 0.2) is 0 Å². The van der Waals surface area contributed by atoms with Crippen molar-refractivity contribution in [3.05, 3.63) is 53.9 Å². The molecule has 22 heavy (non-hydrogen) atoms. The maximum atomic E-state index is 13.7. The summed E-state index contributed by atoms with van der Waals surface area (Å²) in [5, 5.41) is 2.82. The van der Waals surface area contributed by atoms with Crippen LogP contribution in [0.25, 0.3) is 0 Å². The smallest absolute Gasteiger partial charge is 0.317 e. The van der Waals surface area contributed by atoms with Crippen molar-refractivity contribution in [1.82, 2.24) is 19.8 Å². The van der Waals surface area contributed by atoms with Crippen molar-refractivity contribution in [2.45, 2.75) is 33.0 Å². The van der Waals surface area contributed by atoms with Gasteiger partial charge in [0, 0.05) is 31.0 Å². The second-order valence-corrected chi connectivity index (χ2v) is 5.52. The van der Waals surface area contributed by atoms with E-state index in [1.54, 1.807) is 42.5 Å². The Morgan fingerprint density at radius 3 is 2.82 bits per heavy atom. The van der Waals surface area contributed by atoms with Gasteiger partial charge in [-0.15, -0.1) is 0 Å². The highest BCUT2D eigenvalue weighted by atomic mass is 19.1. The quantitative estimate of drug-likeness (QED) is 0.923. The van der Waals surface area contributed by atoms with Gasteiger partial charge in [-0.3, -0.25) is 0 Å². The summed E-state index contributed by atoms with van der Waals surface area (Å²) in [7, 11) is 1.71. The number of aromatic nitrogens is 2. The Morgan fingerprint density at radius 1 is 1.41 bits per heavy atom. The molecule has 0 fully saturated rings. The number of hydrogen-bond donors (Lipinski definition) is 1. The number of halogens is 1. The molecule has 1 aromatic carbocycles. The minimum Gasteiger partial charge on any atom is -0.336 e. The topological polar surface area (TPSA) is 50.2 Å². The Balaban J connectivity index is 2.07. The molecule has 0 unspecified atom stereocenters. The van der Waals surface area contributed by atoms with E-state index >= 15 is 0 Å². The summed E-state index contributed by atoms with van der Waals surface area (Å²) in [6.45, 7) is 4.57. The SMILES string of the molecule is CC(C)NC(=O)N(C)Cc1nccn1Cc1ccccc1F. The molecule has 0 saturated carbocycles. The third-order valence-corrected chi connectivity index (χ3v) is 3.24. The van der Waals surface area contributed by atoms with Crippen LogP contribution in [0.4, 0.5) is 9.18 Å². The Labute approximate surface area is 129 Å². The van der Waals surface area contributed by atoms with E-state index in [9.17, 15) is 9.18 Å². The predicted molar refractivity (Wildman–Crippen MR) is 82.9 cm³/mol. The fourth-order valence-corrected chi connectivity index (χ4v) is 2.09. The standard InChI is InChI=1S/C16H21FN4O/c1-12(2)19-16(22)20(3)11-15-18-8-9-21(15)10-13-6-4-5-7-14(13)17/h4-9,12H,10-11H2,1-3H3,(H,19,22). The second-order valence-electron chi connectivity index (χ2n) is 5.52. The number of amides is 2. The molecule has 0 bridgehead atoms. The van der Waals surface area contributed by atoms with Crippen molar-refractivity contribution in [2.24, 2.45) is 0 Å². The molecular weight excluding hydrogens is 283 g/mol. The number of nitrogens with one attached hydrogen (secondary N) is 1. The van der Waals surface area contributed by atoms with Crippen LogP contribution >= 0.6 is 0 Å². The molecule has 0 aliphatic carbocycles. The highest BCUT2D eigenvalue weighted by molar-refractivity contribution is 5.73. The number of nitrogens with zero attached hydrogens (tertiary/aromatic N) is 3. The number of carbonyl (C=O) groups is 1. The van der Waals surface area contributed by atoms with Crippen LogP contribution in [0, 0.1) is 5.82 Å². The van der Waals surface area contributed by atoms with E-state index in [1.807, 2.05) is 18.4 Å². The fourth-order valence-electron chi connectivity index (χ4n) is 2.09. The molecule has 0 aliphatic rings. The van der Waals surface area contributed by atoms with E-state index in [0.29, 0.717) is 24.5 Å². The summed E-state index contributed by atoms with van der Waals surface area (Å²) in [6, 6.07) is 6.57. The number of imidazole rings is 1. The van der Waals surface area contributed by atoms with Gasteiger partial charge in [0.2, 0.25) is 0 Å². The Kier molecular flexibility index (Phi) is 5.14. The van der Waals surface area contributed by atoms with E-state index in [4.69, 9.17) is 0 Å². The zero-order valence-electron chi connectivity index (χ0n) is 13.1. The van der Waals surface area contributed by atoms with Crippen molar-refractivity contribution in [3.63, 3.8) is 0 Å². The van der Waals surface area contributed by atoms with Crippen molar-refractivity contribution in [2.75, 3.05) is 7.05 Å². The number of urea groups is 1. The van der Waals surface area contributed by atoms with Crippen LogP contribution < -0.4 is 5.32 Å². The van der Waals surface area contributed by atoms with Crippen LogP contribution in [0.5, 0.6) is 0 Å². The van der Waals surface area contributed by atoms with E-state index in [0.717, 1.165) is 0 Å². The zero-order valence-corrected chi connectivity index (χ0v) is 13.1. The van der Waals surface area contributed by atoms with Gasteiger partial charge in [0.1, 0.15) is 11.6 Å². The summed E-state index contributed by atoms with van der Waals surface area (Å²) < 4.78 is 15.6. The number of benzene rings is 1. The minimum absolute atomic E-state index is 0.0770. The molecular formula is C16H21FN4O. The van der Waals surface area contributed by atoms with E-state index < -0.39 is 0 Å². The van der Waals surface area contributed by atoms with Gasteiger partial charge in [0.05, 0.1) is 13.1 Å². The van der Waals surface area contributed by atoms with Gasteiger partial charge in [0.25, 0.3) is 0 Å². The average Bonchev–Trinajstić information content (AvgIpc) is 2.88. The fraction of sp³-hybridized carbons (Fsp3) is 0.375. The Hall–Kier alpha value is -2.37. The molecule has 5 nitrogen and oxygen atoms in total. The summed E-state index contributed by atoms with van der Waals surface area (Å²) >= 11 is 0. The van der Waals surface area contributed by atoms with Crippen molar-refractivity contribution in [3.8, 4) is 0 Å². The molecule has 118 valence electrons. The maximum Gasteiger partial charge on any atom is 0.317 e. The van der Waals surface area contributed by atoms with Gasteiger partial charge >= 0.3 is 6.03 Å². The summed E-state index contributed by atoms with van der Waals surface area (Å²) in [5.74, 6) is 0.470. The normalized spacial score (nSPS) is 10.8. The molecule has 6 heteroatoms. The molecule has 0 atom stereocenters. The van der Waals surface area contributed by atoms with Gasteiger partial charge in [-0.2, -0.15) is 0 Å². The Bertz CT molecular complexity index is 639. The highest BCUT2D eigenvalue weighted by Gasteiger charge is 2.13. The summed E-state index contributed by atoms with van der Waals surface area (Å²) in [4.78, 5) is 17.7. The first-order valence-corrected chi connectivity index (χ1v) is 7.22. The predicted octanol–water partition coefficient (Wildman–Crippen LogP) is 2.62. The van der Waals surface area contributed by atoms with Crippen LogP contribution in [0.1, 0.15) is 25.2 Å². The molecule has 1 aromatic heterocycles. The molecule has 1 heterocycles. The lowest BCUT2D eigenvalue weighted by atomic mass is 10.2. The lowest BCUT2D eigenvalue weighted by Gasteiger charge is -2.20. The van der Waals surface area contributed by atoms with Crippen LogP contribution in [0.15, 0.2) is 36.7 Å². The minimum atomic E-state index is -0.243. The van der Waals surface area contributed by atoms with Crippen LogP contribution in [0.2, 0.25) is 0 Å². The van der Waals surface area contributed by atoms with Crippen molar-refractivity contribution >= 4 is 6.03 Å². The zero-order chi connectivity index (χ0) is 16.1. The van der Waals surface area contributed by atoms with Crippen molar-refractivity contribution < 1.29 is 9.18 Å². The molecule has 0 radical (unpaired) electrons. The van der Waals surface area contributed by atoms with Gasteiger partial charge in [-0.1, -0.05) is 18.2 Å². The average molecular weight is 304 g/mol. The van der Waals surface area contributed by atoms with Gasteiger partial charge in [-0.25, -0.2) is 14.2 Å². The second kappa shape index (κ2) is 7.06. The molecule has 1 N–H and O–H groups in total. The number of rotatable bonds is 5. The Morgan fingerprint density at radius 2 is 2.14 bits per heavy atom. The van der Waals surface area contributed by atoms with E-state index in [2.05, 4.69) is 10.3 Å². The molecule has 0 aliphatic heterocycles. The molecule has 0 saturated heterocycles. The van der Waals surface area contributed by atoms with Crippen LogP contribution in [-0.2, 0) is 13.1 Å². The highest BCUT2D eigenvalue weighted by Crippen LogP contribution is 2.11. The first-order chi connectivity index (χ1) is 10.5. The monoisotopic (exact) mass is 304 g/mol. The first kappa shape index (κ1) is 16.0. The van der Waals surface area contributed by atoms with Crippen LogP contribution in [-0.4, -0.2) is 33.6 Å². The van der Waals surface area contributed by atoms with E-state index in [-0.39, 0.29) is 17.9 Å². The molecule has 0 spiro atoms. The largest absolute Gasteiger partial charge is 0.336 e. The lowest BCUT2D eigenvalue weighted by molar-refractivity contribution is 0.202. The van der Waals surface area contributed by atoms with E-state index in [1.165, 1.54) is 6.07 Å². The summed E-state index contributed by atoms with van der Waals surface area (Å²) in [5.41, 5.74) is 0.594. The molecule has 2 amide bonds. The third kappa shape index (κ3) is 4.07. The number of hydrogen-bond acceptors (Lipinski definition) is 2. The van der Waals surface area contributed by atoms with Crippen LogP contribution in [0.3, 0.4) is 0 Å². The first-order valence-electron chi connectivity index (χ1n) is 7.22. The van der Waals surface area contributed by atoms with Gasteiger partial charge in [-0.05, 0) is 19.9 Å². The number of carbonyl (C=O) groups excluding carboxylic acids is 1. The molecule has 2 aromatic rings. The maximum absolute atomic E-state index is 13.7. The van der Waals surface area contributed by atoms with Crippen molar-refractivity contribution in [1.29, 1.82) is 0 Å².